The molecule has 80 valence electrons. The lowest BCUT2D eigenvalue weighted by Gasteiger charge is -2.29. The van der Waals surface area contributed by atoms with Crippen LogP contribution in [0.1, 0.15) is 0 Å². The lowest BCUT2D eigenvalue weighted by molar-refractivity contribution is -0.189. The maximum Gasteiger partial charge on any atom is 0.181 e. The summed E-state index contributed by atoms with van der Waals surface area (Å²) in [5.41, 5.74) is 0. The molecule has 0 aromatic carbocycles. The molecule has 0 amide bonds. The van der Waals surface area contributed by atoms with Crippen molar-refractivity contribution in [1.82, 2.24) is 0 Å². The third kappa shape index (κ3) is 0.802. The van der Waals surface area contributed by atoms with Crippen LogP contribution in [0.5, 0.6) is 0 Å². The minimum absolute atomic E-state index is 0.236. The topological polar surface area (TPSA) is 38.7 Å². The van der Waals surface area contributed by atoms with Crippen molar-refractivity contribution in [3.05, 3.63) is 24.3 Å². The average molecular weight is 206 g/mol. The maximum absolute atomic E-state index is 9.93. The van der Waals surface area contributed by atoms with Gasteiger partial charge in [0, 0.05) is 17.8 Å². The second kappa shape index (κ2) is 2.54. The van der Waals surface area contributed by atoms with Crippen molar-refractivity contribution < 1.29 is 14.6 Å². The number of hydrogen-bond acceptors (Lipinski definition) is 3. The first kappa shape index (κ1) is 8.50. The van der Waals surface area contributed by atoms with E-state index in [2.05, 4.69) is 18.2 Å². The van der Waals surface area contributed by atoms with E-state index in [4.69, 9.17) is 9.47 Å². The second-order valence-corrected chi connectivity index (χ2v) is 4.88. The normalized spacial score (nSPS) is 53.3. The number of allylic oxidation sites excluding steroid dienone is 1. The van der Waals surface area contributed by atoms with Crippen molar-refractivity contribution in [2.45, 2.75) is 11.9 Å². The van der Waals surface area contributed by atoms with Crippen molar-refractivity contribution in [2.24, 2.45) is 23.7 Å². The molecule has 4 aliphatic rings. The summed E-state index contributed by atoms with van der Waals surface area (Å²) in [6.45, 7) is 1.38. The van der Waals surface area contributed by atoms with E-state index >= 15 is 0 Å². The van der Waals surface area contributed by atoms with Crippen LogP contribution in [0.4, 0.5) is 0 Å². The lowest BCUT2D eigenvalue weighted by Crippen LogP contribution is -2.38. The molecule has 0 aromatic rings. The van der Waals surface area contributed by atoms with Crippen molar-refractivity contribution in [2.75, 3.05) is 13.2 Å². The van der Waals surface area contributed by atoms with Gasteiger partial charge < -0.3 is 14.6 Å². The number of aliphatic hydroxyl groups excluding tert-OH is 1. The Morgan fingerprint density at radius 2 is 1.73 bits per heavy atom. The summed E-state index contributed by atoms with van der Waals surface area (Å²) < 4.78 is 11.7. The van der Waals surface area contributed by atoms with Gasteiger partial charge in [-0.3, -0.25) is 0 Å². The quantitative estimate of drug-likeness (QED) is 0.593. The van der Waals surface area contributed by atoms with Gasteiger partial charge in [-0.1, -0.05) is 24.3 Å². The van der Waals surface area contributed by atoms with Crippen LogP contribution in [0.2, 0.25) is 0 Å². The van der Waals surface area contributed by atoms with Crippen LogP contribution in [0, 0.1) is 23.7 Å². The number of aliphatic hydroxyl groups is 1. The standard InChI is InChI=1S/C12H14O3/c13-10-4-1-7-8-2-3-9(11(7)10)12(8)14-5-6-15-12/h1-4,7-11,13H,5-6H2/t7-,8+,9-,10-,11-/m1/s1. The van der Waals surface area contributed by atoms with Gasteiger partial charge in [0.1, 0.15) is 0 Å². The maximum atomic E-state index is 9.93. The minimum atomic E-state index is -0.429. The molecule has 1 saturated heterocycles. The molecule has 1 heterocycles. The monoisotopic (exact) mass is 206 g/mol. The summed E-state index contributed by atoms with van der Waals surface area (Å²) >= 11 is 0. The molecule has 2 bridgehead atoms. The first-order valence-electron chi connectivity index (χ1n) is 5.65. The third-order valence-corrected chi connectivity index (χ3v) is 4.39. The van der Waals surface area contributed by atoms with Gasteiger partial charge in [0.05, 0.1) is 19.3 Å². The van der Waals surface area contributed by atoms with Crippen molar-refractivity contribution in [3.63, 3.8) is 0 Å². The molecule has 5 atom stereocenters. The van der Waals surface area contributed by atoms with E-state index in [0.29, 0.717) is 25.0 Å². The predicted octanol–water partition coefficient (Wildman–Crippen LogP) is 0.708. The molecule has 1 spiro atoms. The van der Waals surface area contributed by atoms with Gasteiger partial charge in [-0.2, -0.15) is 0 Å². The SMILES string of the molecule is O[C@@H]1C=C[C@H]2[C@@H]1[C@H]1C=C[C@@H]2C12OCCO2. The van der Waals surface area contributed by atoms with Gasteiger partial charge in [-0.05, 0) is 5.92 Å². The van der Waals surface area contributed by atoms with Crippen LogP contribution in [-0.4, -0.2) is 30.2 Å². The van der Waals surface area contributed by atoms with E-state index in [-0.39, 0.29) is 17.9 Å². The molecule has 15 heavy (non-hydrogen) atoms. The van der Waals surface area contributed by atoms with Gasteiger partial charge in [0.15, 0.2) is 5.79 Å². The molecular weight excluding hydrogens is 192 g/mol. The molecule has 3 nitrogen and oxygen atoms in total. The van der Waals surface area contributed by atoms with Crippen LogP contribution in [-0.2, 0) is 9.47 Å². The van der Waals surface area contributed by atoms with Crippen LogP contribution >= 0.6 is 0 Å². The predicted molar refractivity (Wildman–Crippen MR) is 52.9 cm³/mol. The Bertz CT molecular complexity index is 354. The molecule has 1 saturated carbocycles. The fourth-order valence-electron chi connectivity index (χ4n) is 3.89. The zero-order chi connectivity index (χ0) is 10.0. The van der Waals surface area contributed by atoms with Crippen molar-refractivity contribution in [3.8, 4) is 0 Å². The second-order valence-electron chi connectivity index (χ2n) is 4.88. The lowest BCUT2D eigenvalue weighted by atomic mass is 9.84. The molecule has 0 unspecified atom stereocenters. The first-order chi connectivity index (χ1) is 7.33. The Kier molecular flexibility index (Phi) is 1.44. The molecular formula is C12H14O3. The summed E-state index contributed by atoms with van der Waals surface area (Å²) in [5, 5.41) is 9.93. The highest BCUT2D eigenvalue weighted by Gasteiger charge is 2.66. The molecule has 4 rings (SSSR count). The van der Waals surface area contributed by atoms with E-state index in [9.17, 15) is 5.11 Å². The number of rotatable bonds is 0. The number of hydrogen-bond donors (Lipinski definition) is 1. The fraction of sp³-hybridized carbons (Fsp3) is 0.667. The molecule has 3 heteroatoms. The highest BCUT2D eigenvalue weighted by atomic mass is 16.7. The van der Waals surface area contributed by atoms with Crippen LogP contribution in [0.3, 0.4) is 0 Å². The summed E-state index contributed by atoms with van der Waals surface area (Å²) in [4.78, 5) is 0. The number of fused-ring (bicyclic) bond motifs is 3. The van der Waals surface area contributed by atoms with Crippen LogP contribution < -0.4 is 0 Å². The summed E-state index contributed by atoms with van der Waals surface area (Å²) in [7, 11) is 0. The zero-order valence-electron chi connectivity index (χ0n) is 8.37. The Hall–Kier alpha value is -0.640. The van der Waals surface area contributed by atoms with E-state index < -0.39 is 5.79 Å². The van der Waals surface area contributed by atoms with Gasteiger partial charge >= 0.3 is 0 Å². The third-order valence-electron chi connectivity index (χ3n) is 4.39. The van der Waals surface area contributed by atoms with E-state index in [1.165, 1.54) is 0 Å². The summed E-state index contributed by atoms with van der Waals surface area (Å²) in [6.07, 6.45) is 8.12. The molecule has 3 aliphatic carbocycles. The smallest absolute Gasteiger partial charge is 0.181 e. The highest BCUT2D eigenvalue weighted by Crippen LogP contribution is 2.61. The summed E-state index contributed by atoms with van der Waals surface area (Å²) in [5.74, 6) is 0.802. The zero-order valence-corrected chi connectivity index (χ0v) is 8.37. The van der Waals surface area contributed by atoms with Gasteiger partial charge in [0.2, 0.25) is 0 Å². The molecule has 1 N–H and O–H groups in total. The van der Waals surface area contributed by atoms with E-state index in [1.54, 1.807) is 0 Å². The Labute approximate surface area is 88.4 Å². The van der Waals surface area contributed by atoms with Gasteiger partial charge in [0.25, 0.3) is 0 Å². The molecule has 2 fully saturated rings. The highest BCUT2D eigenvalue weighted by molar-refractivity contribution is 5.31. The van der Waals surface area contributed by atoms with Crippen molar-refractivity contribution >= 4 is 0 Å². The first-order valence-corrected chi connectivity index (χ1v) is 5.65. The largest absolute Gasteiger partial charge is 0.389 e. The Balaban J connectivity index is 1.80. The van der Waals surface area contributed by atoms with Gasteiger partial charge in [-0.25, -0.2) is 0 Å². The Morgan fingerprint density at radius 3 is 2.47 bits per heavy atom. The summed E-state index contributed by atoms with van der Waals surface area (Å²) in [6, 6.07) is 0. The molecule has 0 radical (unpaired) electrons. The number of ether oxygens (including phenoxy) is 2. The van der Waals surface area contributed by atoms with Crippen LogP contribution in [0.15, 0.2) is 24.3 Å². The van der Waals surface area contributed by atoms with E-state index in [0.717, 1.165) is 0 Å². The van der Waals surface area contributed by atoms with Gasteiger partial charge in [-0.15, -0.1) is 0 Å². The fourth-order valence-corrected chi connectivity index (χ4v) is 3.89. The minimum Gasteiger partial charge on any atom is -0.389 e. The molecule has 0 aromatic heterocycles. The van der Waals surface area contributed by atoms with Crippen LogP contribution in [0.25, 0.3) is 0 Å². The Morgan fingerprint density at radius 1 is 1.00 bits per heavy atom. The van der Waals surface area contributed by atoms with E-state index in [1.807, 2.05) is 6.08 Å². The van der Waals surface area contributed by atoms with Crippen molar-refractivity contribution in [1.29, 1.82) is 0 Å². The molecule has 1 aliphatic heterocycles. The average Bonchev–Trinajstić information content (AvgIpc) is 2.96.